The third-order valence-corrected chi connectivity index (χ3v) is 3.34. The second-order valence-electron chi connectivity index (χ2n) is 4.24. The SMILES string of the molecule is O=C(O)c1cccc(N=Cc2cc([N+](=O)[O-])cc(Br)c2O)c1. The number of aromatic hydroxyl groups is 1. The Bertz CT molecular complexity index is 789. The van der Waals surface area contributed by atoms with Gasteiger partial charge in [0.15, 0.2) is 0 Å². The third-order valence-electron chi connectivity index (χ3n) is 2.73. The van der Waals surface area contributed by atoms with Crippen molar-refractivity contribution in [2.75, 3.05) is 0 Å². The minimum atomic E-state index is -1.09. The minimum Gasteiger partial charge on any atom is -0.506 e. The average molecular weight is 365 g/mol. The predicted octanol–water partition coefficient (Wildman–Crippen LogP) is 3.51. The van der Waals surface area contributed by atoms with Gasteiger partial charge in [0.1, 0.15) is 5.75 Å². The first-order chi connectivity index (χ1) is 10.4. The molecule has 0 saturated heterocycles. The van der Waals surface area contributed by atoms with Gasteiger partial charge in [0.25, 0.3) is 5.69 Å². The van der Waals surface area contributed by atoms with Gasteiger partial charge in [0.05, 0.1) is 20.6 Å². The van der Waals surface area contributed by atoms with Gasteiger partial charge in [-0.25, -0.2) is 4.79 Å². The predicted molar refractivity (Wildman–Crippen MR) is 83.1 cm³/mol. The van der Waals surface area contributed by atoms with Crippen molar-refractivity contribution in [3.8, 4) is 5.75 Å². The van der Waals surface area contributed by atoms with E-state index in [4.69, 9.17) is 5.11 Å². The standard InChI is InChI=1S/C14H9BrN2O5/c15-12-6-11(17(21)22)5-9(13(12)18)7-16-10-3-1-2-8(4-10)14(19)20/h1-7,18H,(H,19,20). The number of phenols is 1. The van der Waals surface area contributed by atoms with E-state index < -0.39 is 10.9 Å². The maximum Gasteiger partial charge on any atom is 0.335 e. The summed E-state index contributed by atoms with van der Waals surface area (Å²) in [6.45, 7) is 0. The molecule has 0 atom stereocenters. The Morgan fingerprint density at radius 3 is 2.68 bits per heavy atom. The molecular weight excluding hydrogens is 356 g/mol. The van der Waals surface area contributed by atoms with Gasteiger partial charge in [0, 0.05) is 23.9 Å². The quantitative estimate of drug-likeness (QED) is 0.489. The Balaban J connectivity index is 2.39. The highest BCUT2D eigenvalue weighted by Crippen LogP contribution is 2.31. The number of carboxylic acid groups (broad SMARTS) is 1. The van der Waals surface area contributed by atoms with Crippen LogP contribution in [0.15, 0.2) is 45.9 Å². The summed E-state index contributed by atoms with van der Waals surface area (Å²) < 4.78 is 0.169. The van der Waals surface area contributed by atoms with Crippen molar-refractivity contribution >= 4 is 39.5 Å². The fraction of sp³-hybridized carbons (Fsp3) is 0. The van der Waals surface area contributed by atoms with Gasteiger partial charge < -0.3 is 10.2 Å². The number of non-ortho nitro benzene ring substituents is 1. The zero-order chi connectivity index (χ0) is 16.3. The first kappa shape index (κ1) is 15.6. The van der Waals surface area contributed by atoms with Crippen LogP contribution in [0.4, 0.5) is 11.4 Å². The van der Waals surface area contributed by atoms with Crippen LogP contribution in [0.3, 0.4) is 0 Å². The van der Waals surface area contributed by atoms with Crippen molar-refractivity contribution in [3.05, 3.63) is 62.1 Å². The average Bonchev–Trinajstić information content (AvgIpc) is 2.48. The number of rotatable bonds is 4. The van der Waals surface area contributed by atoms with Crippen LogP contribution in [0.2, 0.25) is 0 Å². The number of aliphatic imine (C=N–C) groups is 1. The minimum absolute atomic E-state index is 0.0686. The lowest BCUT2D eigenvalue weighted by Crippen LogP contribution is -1.94. The van der Waals surface area contributed by atoms with E-state index in [9.17, 15) is 20.0 Å². The summed E-state index contributed by atoms with van der Waals surface area (Å²) in [4.78, 5) is 25.1. The summed E-state index contributed by atoms with van der Waals surface area (Å²) in [6, 6.07) is 8.22. The fourth-order valence-electron chi connectivity index (χ4n) is 1.67. The number of nitro groups is 1. The van der Waals surface area contributed by atoms with Crippen LogP contribution < -0.4 is 0 Å². The van der Waals surface area contributed by atoms with Crippen molar-refractivity contribution < 1.29 is 19.9 Å². The smallest absolute Gasteiger partial charge is 0.335 e. The molecule has 0 aliphatic heterocycles. The van der Waals surface area contributed by atoms with Crippen molar-refractivity contribution in [2.45, 2.75) is 0 Å². The molecule has 2 N–H and O–H groups in total. The first-order valence-electron chi connectivity index (χ1n) is 5.93. The lowest BCUT2D eigenvalue weighted by Gasteiger charge is -2.02. The molecule has 0 saturated carbocycles. The third kappa shape index (κ3) is 3.47. The number of hydrogen-bond donors (Lipinski definition) is 2. The molecule has 2 rings (SSSR count). The number of halogens is 1. The maximum atomic E-state index is 10.9. The van der Waals surface area contributed by atoms with Gasteiger partial charge >= 0.3 is 5.97 Å². The molecule has 2 aromatic rings. The zero-order valence-corrected chi connectivity index (χ0v) is 12.5. The van der Waals surface area contributed by atoms with E-state index in [0.29, 0.717) is 5.69 Å². The summed E-state index contributed by atoms with van der Waals surface area (Å²) in [7, 11) is 0. The van der Waals surface area contributed by atoms with Gasteiger partial charge in [-0.15, -0.1) is 0 Å². The van der Waals surface area contributed by atoms with Crippen LogP contribution in [0.1, 0.15) is 15.9 Å². The number of phenolic OH excluding ortho intramolecular Hbond substituents is 1. The van der Waals surface area contributed by atoms with E-state index in [0.717, 1.165) is 0 Å². The monoisotopic (exact) mass is 364 g/mol. The second kappa shape index (κ2) is 6.35. The maximum absolute atomic E-state index is 10.9. The van der Waals surface area contributed by atoms with Crippen LogP contribution in [-0.4, -0.2) is 27.3 Å². The van der Waals surface area contributed by atoms with E-state index in [1.165, 1.54) is 36.5 Å². The van der Waals surface area contributed by atoms with Crippen molar-refractivity contribution in [2.24, 2.45) is 4.99 Å². The summed E-state index contributed by atoms with van der Waals surface area (Å²) in [6.07, 6.45) is 1.23. The molecule has 0 bridgehead atoms. The highest BCUT2D eigenvalue weighted by atomic mass is 79.9. The molecule has 0 amide bonds. The Morgan fingerprint density at radius 2 is 2.05 bits per heavy atom. The Hall–Kier alpha value is -2.74. The highest BCUT2D eigenvalue weighted by molar-refractivity contribution is 9.10. The number of benzene rings is 2. The van der Waals surface area contributed by atoms with Crippen LogP contribution in [0, 0.1) is 10.1 Å². The summed E-state index contributed by atoms with van der Waals surface area (Å²) in [5.41, 5.74) is 0.355. The molecule has 0 aliphatic rings. The van der Waals surface area contributed by atoms with Gasteiger partial charge in [-0.1, -0.05) is 6.07 Å². The number of hydrogen-bond acceptors (Lipinski definition) is 5. The van der Waals surface area contributed by atoms with Crippen molar-refractivity contribution in [1.82, 2.24) is 0 Å². The molecule has 0 heterocycles. The number of aromatic carboxylic acids is 1. The van der Waals surface area contributed by atoms with E-state index in [1.807, 2.05) is 0 Å². The fourth-order valence-corrected chi connectivity index (χ4v) is 2.14. The zero-order valence-electron chi connectivity index (χ0n) is 10.9. The Morgan fingerprint density at radius 1 is 1.32 bits per heavy atom. The van der Waals surface area contributed by atoms with Crippen molar-refractivity contribution in [3.63, 3.8) is 0 Å². The van der Waals surface area contributed by atoms with E-state index in [2.05, 4.69) is 20.9 Å². The van der Waals surface area contributed by atoms with Crippen LogP contribution in [0.25, 0.3) is 0 Å². The Labute approximate surface area is 132 Å². The number of nitrogens with zero attached hydrogens (tertiary/aromatic N) is 2. The van der Waals surface area contributed by atoms with E-state index in [-0.39, 0.29) is 27.0 Å². The number of carbonyl (C=O) groups is 1. The topological polar surface area (TPSA) is 113 Å². The molecule has 0 radical (unpaired) electrons. The van der Waals surface area contributed by atoms with Crippen LogP contribution in [-0.2, 0) is 0 Å². The van der Waals surface area contributed by atoms with E-state index >= 15 is 0 Å². The normalized spacial score (nSPS) is 10.8. The molecule has 8 heteroatoms. The summed E-state index contributed by atoms with van der Waals surface area (Å²) in [5.74, 6) is -1.28. The lowest BCUT2D eigenvalue weighted by molar-refractivity contribution is -0.385. The molecule has 112 valence electrons. The molecule has 0 aliphatic carbocycles. The first-order valence-corrected chi connectivity index (χ1v) is 6.72. The molecule has 0 fully saturated rings. The number of carboxylic acids is 1. The lowest BCUT2D eigenvalue weighted by atomic mass is 10.2. The molecule has 0 spiro atoms. The van der Waals surface area contributed by atoms with Gasteiger partial charge in [0.2, 0.25) is 0 Å². The number of nitro benzene ring substituents is 1. The molecule has 7 nitrogen and oxygen atoms in total. The van der Waals surface area contributed by atoms with Gasteiger partial charge in [-0.2, -0.15) is 0 Å². The molecule has 2 aromatic carbocycles. The summed E-state index contributed by atoms with van der Waals surface area (Å²) in [5, 5.41) is 29.6. The molecular formula is C14H9BrN2O5. The highest BCUT2D eigenvalue weighted by Gasteiger charge is 2.13. The van der Waals surface area contributed by atoms with Crippen LogP contribution >= 0.6 is 15.9 Å². The molecule has 22 heavy (non-hydrogen) atoms. The molecule has 0 unspecified atom stereocenters. The summed E-state index contributed by atoms with van der Waals surface area (Å²) >= 11 is 3.03. The van der Waals surface area contributed by atoms with Crippen molar-refractivity contribution in [1.29, 1.82) is 0 Å². The molecule has 0 aromatic heterocycles. The van der Waals surface area contributed by atoms with Gasteiger partial charge in [-0.05, 0) is 34.1 Å². The Kier molecular flexibility index (Phi) is 4.52. The largest absolute Gasteiger partial charge is 0.506 e. The van der Waals surface area contributed by atoms with E-state index in [1.54, 1.807) is 6.07 Å². The second-order valence-corrected chi connectivity index (χ2v) is 5.09. The van der Waals surface area contributed by atoms with Crippen LogP contribution in [0.5, 0.6) is 5.75 Å². The van der Waals surface area contributed by atoms with Gasteiger partial charge in [-0.3, -0.25) is 15.1 Å².